The zero-order valence-corrected chi connectivity index (χ0v) is 13.6. The molecule has 114 valence electrons. The third kappa shape index (κ3) is 4.55. The fraction of sp³-hybridized carbons (Fsp3) is 0.444. The number of thioether (sulfide) groups is 1. The van der Waals surface area contributed by atoms with Crippen molar-refractivity contribution in [2.24, 2.45) is 11.8 Å². The molecule has 0 saturated heterocycles. The number of nitriles is 1. The van der Waals surface area contributed by atoms with Gasteiger partial charge in [-0.3, -0.25) is 4.79 Å². The predicted molar refractivity (Wildman–Crippen MR) is 89.2 cm³/mol. The fourth-order valence-corrected chi connectivity index (χ4v) is 3.13. The number of carbonyl (C=O) groups excluding carboxylic acids is 1. The summed E-state index contributed by atoms with van der Waals surface area (Å²) in [7, 11) is 0. The van der Waals surface area contributed by atoms with E-state index in [0.29, 0.717) is 0 Å². The van der Waals surface area contributed by atoms with E-state index in [-0.39, 0.29) is 24.3 Å². The minimum absolute atomic E-state index is 0.0294. The molecule has 2 atom stereocenters. The van der Waals surface area contributed by atoms with Gasteiger partial charge in [-0.15, -0.1) is 11.8 Å². The number of nitrogens with one attached hydrogen (secondary N) is 1. The molecular weight excluding hydrogens is 292 g/mol. The lowest BCUT2D eigenvalue weighted by Crippen LogP contribution is -2.36. The number of nitrogens with zero attached hydrogens (tertiary/aromatic N) is 1. The maximum Gasteiger partial charge on any atom is 0.225 e. The second-order valence-electron chi connectivity index (χ2n) is 5.37. The molecule has 0 aromatic heterocycles. The Kier molecular flexibility index (Phi) is 6.37. The Morgan fingerprint density at radius 1 is 1.32 bits per heavy atom. The number of carbonyl (C=O) groups is 1. The van der Waals surface area contributed by atoms with Crippen LogP contribution in [0.4, 0.5) is 0 Å². The molecule has 0 aliphatic heterocycles. The van der Waals surface area contributed by atoms with Crippen molar-refractivity contribution in [1.82, 2.24) is 5.32 Å². The largest absolute Gasteiger partial charge is 0.343 e. The van der Waals surface area contributed by atoms with E-state index in [9.17, 15) is 4.79 Å². The molecule has 2 unspecified atom stereocenters. The van der Waals surface area contributed by atoms with Gasteiger partial charge in [-0.2, -0.15) is 5.26 Å². The normalized spacial score (nSPS) is 20.4. The van der Waals surface area contributed by atoms with E-state index in [0.717, 1.165) is 31.2 Å². The van der Waals surface area contributed by atoms with E-state index in [4.69, 9.17) is 5.26 Å². The summed E-state index contributed by atoms with van der Waals surface area (Å²) in [5, 5.41) is 11.3. The summed E-state index contributed by atoms with van der Waals surface area (Å²) in [6.45, 7) is 0.0750. The Labute approximate surface area is 136 Å². The third-order valence-corrected chi connectivity index (χ3v) is 4.68. The number of hydrogen-bond acceptors (Lipinski definition) is 3. The molecule has 1 aliphatic rings. The molecule has 0 spiro atoms. The van der Waals surface area contributed by atoms with Gasteiger partial charge in [0.15, 0.2) is 0 Å². The maximum absolute atomic E-state index is 12.1. The van der Waals surface area contributed by atoms with Crippen molar-refractivity contribution >= 4 is 17.7 Å². The second-order valence-corrected chi connectivity index (χ2v) is 6.25. The van der Waals surface area contributed by atoms with E-state index in [1.807, 2.05) is 24.5 Å². The first-order valence-corrected chi connectivity index (χ1v) is 8.77. The maximum atomic E-state index is 12.1. The highest BCUT2D eigenvalue weighted by molar-refractivity contribution is 7.98. The van der Waals surface area contributed by atoms with Crippen LogP contribution in [0, 0.1) is 35.0 Å². The van der Waals surface area contributed by atoms with Gasteiger partial charge in [-0.25, -0.2) is 0 Å². The fourth-order valence-electron chi connectivity index (χ4n) is 2.73. The SMILES string of the molecule is CSc1ccc(C#CC2CCCCC2C(=O)NCC#N)cc1. The Morgan fingerprint density at radius 2 is 2.05 bits per heavy atom. The van der Waals surface area contributed by atoms with Gasteiger partial charge in [0.05, 0.1) is 12.0 Å². The number of rotatable bonds is 3. The average molecular weight is 312 g/mol. The Balaban J connectivity index is 2.06. The smallest absolute Gasteiger partial charge is 0.225 e. The third-order valence-electron chi connectivity index (χ3n) is 3.94. The van der Waals surface area contributed by atoms with Crippen molar-refractivity contribution in [3.63, 3.8) is 0 Å². The minimum Gasteiger partial charge on any atom is -0.343 e. The number of benzene rings is 1. The van der Waals surface area contributed by atoms with Crippen LogP contribution in [0.5, 0.6) is 0 Å². The quantitative estimate of drug-likeness (QED) is 0.530. The molecule has 1 fully saturated rings. The second kappa shape index (κ2) is 8.51. The van der Waals surface area contributed by atoms with E-state index >= 15 is 0 Å². The topological polar surface area (TPSA) is 52.9 Å². The monoisotopic (exact) mass is 312 g/mol. The summed E-state index contributed by atoms with van der Waals surface area (Å²) in [6, 6.07) is 10.1. The van der Waals surface area contributed by atoms with Crippen LogP contribution in [-0.2, 0) is 4.79 Å². The van der Waals surface area contributed by atoms with Crippen LogP contribution in [0.25, 0.3) is 0 Å². The standard InChI is InChI=1S/C18H20N2OS/c1-22-16-10-7-14(8-11-16)6-9-15-4-2-3-5-17(15)18(21)20-13-12-19/h7-8,10-11,15,17H,2-5,13H2,1H3,(H,20,21). The van der Waals surface area contributed by atoms with Crippen molar-refractivity contribution in [3.8, 4) is 17.9 Å². The molecule has 0 radical (unpaired) electrons. The van der Waals surface area contributed by atoms with Gasteiger partial charge >= 0.3 is 0 Å². The van der Waals surface area contributed by atoms with Crippen LogP contribution in [0.15, 0.2) is 29.2 Å². The summed E-state index contributed by atoms with van der Waals surface area (Å²) >= 11 is 1.71. The lowest BCUT2D eigenvalue weighted by Gasteiger charge is -2.26. The van der Waals surface area contributed by atoms with E-state index in [2.05, 4.69) is 29.3 Å². The molecule has 1 amide bonds. The molecule has 1 aliphatic carbocycles. The van der Waals surface area contributed by atoms with E-state index < -0.39 is 0 Å². The molecule has 0 heterocycles. The zero-order valence-electron chi connectivity index (χ0n) is 12.8. The molecule has 3 nitrogen and oxygen atoms in total. The lowest BCUT2D eigenvalue weighted by atomic mass is 9.79. The van der Waals surface area contributed by atoms with E-state index in [1.54, 1.807) is 11.8 Å². The first-order valence-electron chi connectivity index (χ1n) is 7.55. The number of amides is 1. The molecule has 1 saturated carbocycles. The lowest BCUT2D eigenvalue weighted by molar-refractivity contribution is -0.126. The molecule has 2 rings (SSSR count). The van der Waals surface area contributed by atoms with Crippen LogP contribution >= 0.6 is 11.8 Å². The van der Waals surface area contributed by atoms with Gasteiger partial charge in [0.2, 0.25) is 5.91 Å². The number of hydrogen-bond donors (Lipinski definition) is 1. The van der Waals surface area contributed by atoms with Crippen LogP contribution in [0.1, 0.15) is 31.2 Å². The molecular formula is C18H20N2OS. The highest BCUT2D eigenvalue weighted by atomic mass is 32.2. The zero-order chi connectivity index (χ0) is 15.8. The van der Waals surface area contributed by atoms with Crippen molar-refractivity contribution in [2.75, 3.05) is 12.8 Å². The molecule has 0 bridgehead atoms. The molecule has 22 heavy (non-hydrogen) atoms. The van der Waals surface area contributed by atoms with Crippen molar-refractivity contribution < 1.29 is 4.79 Å². The van der Waals surface area contributed by atoms with Gasteiger partial charge in [0.1, 0.15) is 6.54 Å². The minimum atomic E-state index is -0.0833. The first-order chi connectivity index (χ1) is 10.7. The van der Waals surface area contributed by atoms with Crippen LogP contribution in [-0.4, -0.2) is 18.7 Å². The summed E-state index contributed by atoms with van der Waals surface area (Å²) in [5.74, 6) is 6.46. The van der Waals surface area contributed by atoms with Crippen molar-refractivity contribution in [2.45, 2.75) is 30.6 Å². The summed E-state index contributed by atoms with van der Waals surface area (Å²) in [5.41, 5.74) is 0.986. The Morgan fingerprint density at radius 3 is 2.73 bits per heavy atom. The summed E-state index contributed by atoms with van der Waals surface area (Å²) in [6.07, 6.45) is 6.05. The van der Waals surface area contributed by atoms with Crippen LogP contribution < -0.4 is 5.32 Å². The van der Waals surface area contributed by atoms with Gasteiger partial charge in [-0.1, -0.05) is 24.7 Å². The summed E-state index contributed by atoms with van der Waals surface area (Å²) < 4.78 is 0. The van der Waals surface area contributed by atoms with E-state index in [1.165, 1.54) is 4.90 Å². The van der Waals surface area contributed by atoms with Crippen LogP contribution in [0.2, 0.25) is 0 Å². The predicted octanol–water partition coefficient (Wildman–Crippen LogP) is 3.21. The van der Waals surface area contributed by atoms with Gasteiger partial charge < -0.3 is 5.32 Å². The highest BCUT2D eigenvalue weighted by Crippen LogP contribution is 2.29. The molecule has 1 aromatic rings. The van der Waals surface area contributed by atoms with Gasteiger partial charge in [0.25, 0.3) is 0 Å². The van der Waals surface area contributed by atoms with Gasteiger partial charge in [0, 0.05) is 16.4 Å². The molecule has 1 aromatic carbocycles. The van der Waals surface area contributed by atoms with Crippen molar-refractivity contribution in [3.05, 3.63) is 29.8 Å². The highest BCUT2D eigenvalue weighted by Gasteiger charge is 2.29. The average Bonchev–Trinajstić information content (AvgIpc) is 2.58. The van der Waals surface area contributed by atoms with Crippen molar-refractivity contribution in [1.29, 1.82) is 5.26 Å². The van der Waals surface area contributed by atoms with Gasteiger partial charge in [-0.05, 0) is 43.4 Å². The molecule has 1 N–H and O–H groups in total. The first kappa shape index (κ1) is 16.5. The molecule has 4 heteroatoms. The summed E-state index contributed by atoms with van der Waals surface area (Å²) in [4.78, 5) is 13.3. The van der Waals surface area contributed by atoms with Crippen LogP contribution in [0.3, 0.4) is 0 Å². The Bertz CT molecular complexity index is 607. The Hall–Kier alpha value is -1.91.